The summed E-state index contributed by atoms with van der Waals surface area (Å²) >= 11 is 0. The Balaban J connectivity index is 1.51. The Bertz CT molecular complexity index is 1060. The van der Waals surface area contributed by atoms with E-state index in [0.717, 1.165) is 28.1 Å². The SMILES string of the molecule is NC(c1ccccc1)C(NCc1ccccc1OCc1ccccn1)c1ccccc1. The summed E-state index contributed by atoms with van der Waals surface area (Å²) in [7, 11) is 0. The normalized spacial score (nSPS) is 12.8. The highest BCUT2D eigenvalue weighted by Crippen LogP contribution is 2.28. The summed E-state index contributed by atoms with van der Waals surface area (Å²) in [6, 6.07) is 34.3. The summed E-state index contributed by atoms with van der Waals surface area (Å²) in [6.45, 7) is 1.07. The Labute approximate surface area is 183 Å². The van der Waals surface area contributed by atoms with Crippen molar-refractivity contribution in [1.29, 1.82) is 0 Å². The van der Waals surface area contributed by atoms with Gasteiger partial charge in [0.15, 0.2) is 0 Å². The van der Waals surface area contributed by atoms with Gasteiger partial charge in [0, 0.05) is 24.3 Å². The molecule has 4 nitrogen and oxygen atoms in total. The van der Waals surface area contributed by atoms with Crippen LogP contribution < -0.4 is 15.8 Å². The Kier molecular flexibility index (Phi) is 7.06. The minimum Gasteiger partial charge on any atom is -0.487 e. The van der Waals surface area contributed by atoms with Crippen LogP contribution >= 0.6 is 0 Å². The van der Waals surface area contributed by atoms with Gasteiger partial charge in [0.25, 0.3) is 0 Å². The summed E-state index contributed by atoms with van der Waals surface area (Å²) < 4.78 is 6.07. The van der Waals surface area contributed by atoms with E-state index in [-0.39, 0.29) is 12.1 Å². The van der Waals surface area contributed by atoms with Crippen LogP contribution in [0.15, 0.2) is 109 Å². The second-order valence-electron chi connectivity index (χ2n) is 7.42. The highest BCUT2D eigenvalue weighted by atomic mass is 16.5. The molecule has 0 aliphatic heterocycles. The van der Waals surface area contributed by atoms with Crippen molar-refractivity contribution in [1.82, 2.24) is 10.3 Å². The lowest BCUT2D eigenvalue weighted by atomic mass is 9.94. The van der Waals surface area contributed by atoms with Gasteiger partial charge in [-0.2, -0.15) is 0 Å². The number of hydrogen-bond acceptors (Lipinski definition) is 4. The van der Waals surface area contributed by atoms with Crippen molar-refractivity contribution < 1.29 is 4.74 Å². The van der Waals surface area contributed by atoms with Crippen molar-refractivity contribution in [2.24, 2.45) is 5.73 Å². The molecule has 31 heavy (non-hydrogen) atoms. The molecule has 1 aromatic heterocycles. The molecule has 0 aliphatic carbocycles. The van der Waals surface area contributed by atoms with Crippen molar-refractivity contribution in [2.45, 2.75) is 25.2 Å². The molecular weight excluding hydrogens is 382 g/mol. The molecule has 0 saturated heterocycles. The molecular formula is C27H27N3O. The number of ether oxygens (including phenoxy) is 1. The van der Waals surface area contributed by atoms with Crippen molar-refractivity contribution in [3.8, 4) is 5.75 Å². The summed E-state index contributed by atoms with van der Waals surface area (Å²) in [5.74, 6) is 0.848. The zero-order chi connectivity index (χ0) is 21.3. The molecule has 0 radical (unpaired) electrons. The molecule has 0 amide bonds. The van der Waals surface area contributed by atoms with Gasteiger partial charge in [-0.05, 0) is 29.3 Å². The van der Waals surface area contributed by atoms with Crippen molar-refractivity contribution in [3.05, 3.63) is 132 Å². The molecule has 2 unspecified atom stereocenters. The molecule has 0 saturated carbocycles. The third-order valence-electron chi connectivity index (χ3n) is 5.29. The third-order valence-corrected chi connectivity index (χ3v) is 5.29. The quantitative estimate of drug-likeness (QED) is 0.399. The largest absolute Gasteiger partial charge is 0.487 e. The number of rotatable bonds is 9. The van der Waals surface area contributed by atoms with Crippen LogP contribution in [0.3, 0.4) is 0 Å². The van der Waals surface area contributed by atoms with E-state index in [4.69, 9.17) is 10.5 Å². The summed E-state index contributed by atoms with van der Waals surface area (Å²) in [4.78, 5) is 4.34. The van der Waals surface area contributed by atoms with Crippen molar-refractivity contribution in [2.75, 3.05) is 0 Å². The fourth-order valence-electron chi connectivity index (χ4n) is 3.63. The molecule has 0 spiro atoms. The third kappa shape index (κ3) is 5.57. The van der Waals surface area contributed by atoms with Gasteiger partial charge in [-0.1, -0.05) is 84.9 Å². The van der Waals surface area contributed by atoms with Crippen LogP contribution in [-0.2, 0) is 13.2 Å². The number of hydrogen-bond donors (Lipinski definition) is 2. The van der Waals surface area contributed by atoms with E-state index >= 15 is 0 Å². The molecule has 3 N–H and O–H groups in total. The topological polar surface area (TPSA) is 60.2 Å². The Morgan fingerprint density at radius 1 is 0.742 bits per heavy atom. The smallest absolute Gasteiger partial charge is 0.130 e. The second kappa shape index (κ2) is 10.5. The molecule has 3 aromatic carbocycles. The molecule has 0 aliphatic rings. The average molecular weight is 410 g/mol. The van der Waals surface area contributed by atoms with Crippen LogP contribution in [-0.4, -0.2) is 4.98 Å². The molecule has 4 aromatic rings. The first-order valence-electron chi connectivity index (χ1n) is 10.5. The van der Waals surface area contributed by atoms with E-state index in [9.17, 15) is 0 Å². The summed E-state index contributed by atoms with van der Waals surface area (Å²) in [6.07, 6.45) is 1.78. The fraction of sp³-hybridized carbons (Fsp3) is 0.148. The standard InChI is InChI=1S/C27H27N3O/c28-26(21-11-3-1-4-12-21)27(22-13-5-2-6-14-22)30-19-23-15-7-8-17-25(23)31-20-24-16-9-10-18-29-24/h1-18,26-27,30H,19-20,28H2. The number of pyridine rings is 1. The zero-order valence-corrected chi connectivity index (χ0v) is 17.4. The number of nitrogens with one attached hydrogen (secondary N) is 1. The highest BCUT2D eigenvalue weighted by Gasteiger charge is 2.21. The van der Waals surface area contributed by atoms with Gasteiger partial charge in [0.1, 0.15) is 12.4 Å². The average Bonchev–Trinajstić information content (AvgIpc) is 2.85. The zero-order valence-electron chi connectivity index (χ0n) is 17.4. The van der Waals surface area contributed by atoms with Crippen LogP contribution in [0.1, 0.15) is 34.5 Å². The predicted molar refractivity (Wildman–Crippen MR) is 124 cm³/mol. The first-order chi connectivity index (χ1) is 15.3. The van der Waals surface area contributed by atoms with E-state index in [2.05, 4.69) is 40.6 Å². The van der Waals surface area contributed by atoms with Crippen molar-refractivity contribution in [3.63, 3.8) is 0 Å². The van der Waals surface area contributed by atoms with Crippen LogP contribution in [0.4, 0.5) is 0 Å². The van der Waals surface area contributed by atoms with Crippen LogP contribution in [0.5, 0.6) is 5.75 Å². The Morgan fingerprint density at radius 3 is 2.10 bits per heavy atom. The molecule has 4 heteroatoms. The second-order valence-corrected chi connectivity index (χ2v) is 7.42. The maximum atomic E-state index is 6.71. The van der Waals surface area contributed by atoms with Gasteiger partial charge in [0.05, 0.1) is 11.7 Å². The lowest BCUT2D eigenvalue weighted by Crippen LogP contribution is -2.31. The Morgan fingerprint density at radius 2 is 1.39 bits per heavy atom. The van der Waals surface area contributed by atoms with E-state index in [1.165, 1.54) is 0 Å². The van der Waals surface area contributed by atoms with E-state index in [1.54, 1.807) is 6.20 Å². The minimum absolute atomic E-state index is 0.0348. The molecule has 2 atom stereocenters. The van der Waals surface area contributed by atoms with Gasteiger partial charge >= 0.3 is 0 Å². The van der Waals surface area contributed by atoms with Crippen LogP contribution in [0.2, 0.25) is 0 Å². The van der Waals surface area contributed by atoms with Gasteiger partial charge in [-0.3, -0.25) is 4.98 Å². The minimum atomic E-state index is -0.176. The highest BCUT2D eigenvalue weighted by molar-refractivity contribution is 5.34. The van der Waals surface area contributed by atoms with Crippen LogP contribution in [0, 0.1) is 0 Å². The molecule has 1 heterocycles. The first-order valence-corrected chi connectivity index (χ1v) is 10.5. The number of para-hydroxylation sites is 1. The lowest BCUT2D eigenvalue weighted by molar-refractivity contribution is 0.296. The number of nitrogens with two attached hydrogens (primary N) is 1. The first kappa shape index (κ1) is 20.8. The molecule has 4 rings (SSSR count). The van der Waals surface area contributed by atoms with Gasteiger partial charge in [-0.25, -0.2) is 0 Å². The van der Waals surface area contributed by atoms with E-state index in [1.807, 2.05) is 72.8 Å². The van der Waals surface area contributed by atoms with Gasteiger partial charge in [0.2, 0.25) is 0 Å². The van der Waals surface area contributed by atoms with Gasteiger partial charge in [-0.15, -0.1) is 0 Å². The van der Waals surface area contributed by atoms with Crippen molar-refractivity contribution >= 4 is 0 Å². The monoisotopic (exact) mass is 409 g/mol. The molecule has 0 bridgehead atoms. The lowest BCUT2D eigenvalue weighted by Gasteiger charge is -2.26. The molecule has 0 fully saturated rings. The summed E-state index contributed by atoms with van der Waals surface area (Å²) in [5.41, 5.74) is 10.9. The maximum Gasteiger partial charge on any atom is 0.130 e. The predicted octanol–water partition coefficient (Wildman–Crippen LogP) is 5.19. The summed E-state index contributed by atoms with van der Waals surface area (Å²) in [5, 5.41) is 3.67. The number of aromatic nitrogens is 1. The Hall–Kier alpha value is -3.47. The van der Waals surface area contributed by atoms with Gasteiger partial charge < -0.3 is 15.8 Å². The van der Waals surface area contributed by atoms with E-state index < -0.39 is 0 Å². The van der Waals surface area contributed by atoms with Crippen LogP contribution in [0.25, 0.3) is 0 Å². The molecule has 156 valence electrons. The fourth-order valence-corrected chi connectivity index (χ4v) is 3.63. The number of nitrogens with zero attached hydrogens (tertiary/aromatic N) is 1. The van der Waals surface area contributed by atoms with E-state index in [0.29, 0.717) is 13.2 Å². The number of benzene rings is 3. The maximum absolute atomic E-state index is 6.71.